The van der Waals surface area contributed by atoms with Crippen LogP contribution in [0.25, 0.3) is 0 Å². The number of nitrogen functional groups attached to an aromatic ring is 1. The first kappa shape index (κ1) is 20.3. The van der Waals surface area contributed by atoms with Gasteiger partial charge in [-0.1, -0.05) is 43.7 Å². The average Bonchev–Trinajstić information content (AvgIpc) is 2.70. The summed E-state index contributed by atoms with van der Waals surface area (Å²) in [5.41, 5.74) is 7.48. The van der Waals surface area contributed by atoms with Gasteiger partial charge in [0.2, 0.25) is 0 Å². The molecule has 0 fully saturated rings. The Morgan fingerprint density at radius 2 is 1.85 bits per heavy atom. The van der Waals surface area contributed by atoms with E-state index in [2.05, 4.69) is 6.92 Å². The van der Waals surface area contributed by atoms with E-state index in [-0.39, 0.29) is 19.1 Å². The van der Waals surface area contributed by atoms with Crippen molar-refractivity contribution in [3.8, 4) is 5.75 Å². The SMILES string of the molecule is CCCCN(C)C(=O)COc1cc(C(=O)OCc2ccccc2)ccc1N. The van der Waals surface area contributed by atoms with Gasteiger partial charge in [-0.3, -0.25) is 4.79 Å². The Bertz CT molecular complexity index is 762. The summed E-state index contributed by atoms with van der Waals surface area (Å²) in [7, 11) is 1.74. The fourth-order valence-electron chi connectivity index (χ4n) is 2.36. The molecule has 0 aromatic heterocycles. The number of nitrogens with zero attached hydrogens (tertiary/aromatic N) is 1. The first-order valence-electron chi connectivity index (χ1n) is 8.98. The Labute approximate surface area is 159 Å². The molecule has 0 saturated heterocycles. The van der Waals surface area contributed by atoms with E-state index in [9.17, 15) is 9.59 Å². The van der Waals surface area contributed by atoms with Gasteiger partial charge in [0.25, 0.3) is 5.91 Å². The third kappa shape index (κ3) is 6.33. The maximum Gasteiger partial charge on any atom is 0.338 e. The molecule has 0 bridgehead atoms. The molecule has 2 rings (SSSR count). The molecule has 0 atom stereocenters. The van der Waals surface area contributed by atoms with Gasteiger partial charge in [0.1, 0.15) is 12.4 Å². The summed E-state index contributed by atoms with van der Waals surface area (Å²) in [6.07, 6.45) is 1.95. The third-order valence-corrected chi connectivity index (χ3v) is 4.09. The Balaban J connectivity index is 1.94. The maximum absolute atomic E-state index is 12.3. The lowest BCUT2D eigenvalue weighted by atomic mass is 10.2. The smallest absolute Gasteiger partial charge is 0.338 e. The van der Waals surface area contributed by atoms with Crippen LogP contribution in [0.2, 0.25) is 0 Å². The number of ether oxygens (including phenoxy) is 2. The Morgan fingerprint density at radius 3 is 2.56 bits per heavy atom. The van der Waals surface area contributed by atoms with Crippen LogP contribution < -0.4 is 10.5 Å². The van der Waals surface area contributed by atoms with Gasteiger partial charge in [0.15, 0.2) is 6.61 Å². The number of carbonyl (C=O) groups is 2. The van der Waals surface area contributed by atoms with Gasteiger partial charge in [-0.2, -0.15) is 0 Å². The summed E-state index contributed by atoms with van der Waals surface area (Å²) in [6.45, 7) is 2.80. The number of nitrogens with two attached hydrogens (primary N) is 1. The predicted molar refractivity (Wildman–Crippen MR) is 104 cm³/mol. The fourth-order valence-corrected chi connectivity index (χ4v) is 2.36. The number of unbranched alkanes of at least 4 members (excludes halogenated alkanes) is 1. The summed E-state index contributed by atoms with van der Waals surface area (Å²) in [5.74, 6) is -0.323. The van der Waals surface area contributed by atoms with E-state index in [0.717, 1.165) is 18.4 Å². The average molecular weight is 370 g/mol. The highest BCUT2D eigenvalue weighted by molar-refractivity contribution is 5.90. The van der Waals surface area contributed by atoms with Crippen LogP contribution in [0.3, 0.4) is 0 Å². The van der Waals surface area contributed by atoms with Crippen LogP contribution in [0, 0.1) is 0 Å². The molecule has 0 spiro atoms. The molecule has 0 unspecified atom stereocenters. The molecule has 6 heteroatoms. The molecule has 2 N–H and O–H groups in total. The summed E-state index contributed by atoms with van der Waals surface area (Å²) in [5, 5.41) is 0. The zero-order valence-corrected chi connectivity index (χ0v) is 15.8. The Hall–Kier alpha value is -3.02. The summed E-state index contributed by atoms with van der Waals surface area (Å²) in [6, 6.07) is 14.1. The van der Waals surface area contributed by atoms with Gasteiger partial charge in [-0.15, -0.1) is 0 Å². The van der Waals surface area contributed by atoms with Crippen molar-refractivity contribution in [2.45, 2.75) is 26.4 Å². The first-order valence-corrected chi connectivity index (χ1v) is 8.98. The van der Waals surface area contributed by atoms with Crippen LogP contribution >= 0.6 is 0 Å². The summed E-state index contributed by atoms with van der Waals surface area (Å²) in [4.78, 5) is 26.0. The van der Waals surface area contributed by atoms with Crippen molar-refractivity contribution in [3.63, 3.8) is 0 Å². The highest BCUT2D eigenvalue weighted by atomic mass is 16.5. The van der Waals surface area contributed by atoms with Crippen molar-refractivity contribution in [2.24, 2.45) is 0 Å². The van der Waals surface area contributed by atoms with Gasteiger partial charge in [-0.25, -0.2) is 4.79 Å². The molecular weight excluding hydrogens is 344 g/mol. The minimum Gasteiger partial charge on any atom is -0.482 e. The second kappa shape index (κ2) is 10.2. The number of carbonyl (C=O) groups excluding carboxylic acids is 2. The quantitative estimate of drug-likeness (QED) is 0.541. The Morgan fingerprint density at radius 1 is 1.11 bits per heavy atom. The predicted octanol–water partition coefficient (Wildman–Crippen LogP) is 3.26. The molecule has 6 nitrogen and oxygen atoms in total. The molecular formula is C21H26N2O4. The molecule has 0 radical (unpaired) electrons. The summed E-state index contributed by atoms with van der Waals surface area (Å²) < 4.78 is 10.8. The van der Waals surface area contributed by atoms with Crippen LogP contribution in [0.15, 0.2) is 48.5 Å². The van der Waals surface area contributed by atoms with Gasteiger partial charge in [0.05, 0.1) is 11.3 Å². The molecule has 0 aliphatic rings. The Kier molecular flexibility index (Phi) is 7.67. The van der Waals surface area contributed by atoms with E-state index in [1.54, 1.807) is 24.1 Å². The third-order valence-electron chi connectivity index (χ3n) is 4.09. The number of likely N-dealkylation sites (N-methyl/N-ethyl adjacent to an activating group) is 1. The van der Waals surface area contributed by atoms with E-state index in [1.165, 1.54) is 6.07 Å². The molecule has 0 saturated carbocycles. The van der Waals surface area contributed by atoms with Crippen LogP contribution in [-0.2, 0) is 16.1 Å². The van der Waals surface area contributed by atoms with E-state index in [0.29, 0.717) is 23.5 Å². The van der Waals surface area contributed by atoms with Crippen LogP contribution in [0.4, 0.5) is 5.69 Å². The zero-order chi connectivity index (χ0) is 19.6. The molecule has 144 valence electrons. The zero-order valence-electron chi connectivity index (χ0n) is 15.8. The lowest BCUT2D eigenvalue weighted by molar-refractivity contribution is -0.132. The van der Waals surface area contributed by atoms with Gasteiger partial charge in [-0.05, 0) is 30.2 Å². The standard InChI is InChI=1S/C21H26N2O4/c1-3-4-12-23(2)20(24)15-26-19-13-17(10-11-18(19)22)21(25)27-14-16-8-6-5-7-9-16/h5-11,13H,3-4,12,14-15,22H2,1-2H3. The van der Waals surface area contributed by atoms with Gasteiger partial charge in [0, 0.05) is 13.6 Å². The highest BCUT2D eigenvalue weighted by Crippen LogP contribution is 2.23. The number of amides is 1. The highest BCUT2D eigenvalue weighted by Gasteiger charge is 2.14. The number of hydrogen-bond donors (Lipinski definition) is 1. The minimum atomic E-state index is -0.477. The number of benzene rings is 2. The van der Waals surface area contributed by atoms with Crippen LogP contribution in [0.1, 0.15) is 35.7 Å². The molecule has 2 aromatic carbocycles. The lowest BCUT2D eigenvalue weighted by Crippen LogP contribution is -2.32. The molecule has 0 aliphatic heterocycles. The largest absolute Gasteiger partial charge is 0.482 e. The fraction of sp³-hybridized carbons (Fsp3) is 0.333. The lowest BCUT2D eigenvalue weighted by Gasteiger charge is -2.17. The number of esters is 1. The molecule has 27 heavy (non-hydrogen) atoms. The van der Waals surface area contributed by atoms with Crippen molar-refractivity contribution < 1.29 is 19.1 Å². The maximum atomic E-state index is 12.3. The van der Waals surface area contributed by atoms with E-state index in [1.807, 2.05) is 30.3 Å². The van der Waals surface area contributed by atoms with E-state index < -0.39 is 5.97 Å². The molecule has 1 amide bonds. The number of rotatable bonds is 9. The number of hydrogen-bond acceptors (Lipinski definition) is 5. The number of anilines is 1. The normalized spacial score (nSPS) is 10.3. The second-order valence-electron chi connectivity index (χ2n) is 6.27. The molecule has 2 aromatic rings. The van der Waals surface area contributed by atoms with Crippen LogP contribution in [-0.4, -0.2) is 37.0 Å². The van der Waals surface area contributed by atoms with Crippen molar-refractivity contribution in [1.82, 2.24) is 4.90 Å². The van der Waals surface area contributed by atoms with Gasteiger partial charge < -0.3 is 20.1 Å². The van der Waals surface area contributed by atoms with Crippen LogP contribution in [0.5, 0.6) is 5.75 Å². The van der Waals surface area contributed by atoms with Crippen molar-refractivity contribution in [2.75, 3.05) is 25.9 Å². The van der Waals surface area contributed by atoms with Gasteiger partial charge >= 0.3 is 5.97 Å². The topological polar surface area (TPSA) is 81.9 Å². The molecule has 0 aliphatic carbocycles. The van der Waals surface area contributed by atoms with Crippen molar-refractivity contribution in [3.05, 3.63) is 59.7 Å². The van der Waals surface area contributed by atoms with Crippen molar-refractivity contribution >= 4 is 17.6 Å². The minimum absolute atomic E-state index is 0.132. The first-order chi connectivity index (χ1) is 13.0. The molecule has 0 heterocycles. The monoisotopic (exact) mass is 370 g/mol. The second-order valence-corrected chi connectivity index (χ2v) is 6.27. The summed E-state index contributed by atoms with van der Waals surface area (Å²) >= 11 is 0. The van der Waals surface area contributed by atoms with E-state index in [4.69, 9.17) is 15.2 Å². The van der Waals surface area contributed by atoms with E-state index >= 15 is 0 Å². The van der Waals surface area contributed by atoms with Crippen molar-refractivity contribution in [1.29, 1.82) is 0 Å².